The zero-order valence-corrected chi connectivity index (χ0v) is 14.7. The van der Waals surface area contributed by atoms with Crippen molar-refractivity contribution in [3.63, 3.8) is 0 Å². The molecule has 0 saturated heterocycles. The van der Waals surface area contributed by atoms with Gasteiger partial charge in [0.25, 0.3) is 5.91 Å². The second-order valence-electron chi connectivity index (χ2n) is 5.16. The van der Waals surface area contributed by atoms with Gasteiger partial charge < -0.3 is 10.6 Å². The second kappa shape index (κ2) is 8.71. The van der Waals surface area contributed by atoms with Crippen LogP contribution in [0.25, 0.3) is 6.08 Å². The second-order valence-corrected chi connectivity index (χ2v) is 6.04. The first-order valence-electron chi connectivity index (χ1n) is 7.46. The Hall–Kier alpha value is -3.04. The van der Waals surface area contributed by atoms with E-state index < -0.39 is 5.91 Å². The number of hydrogen-bond acceptors (Lipinski definition) is 4. The zero-order valence-electron chi connectivity index (χ0n) is 13.9. The van der Waals surface area contributed by atoms with E-state index in [2.05, 4.69) is 10.6 Å². The minimum atomic E-state index is -0.483. The van der Waals surface area contributed by atoms with Crippen molar-refractivity contribution in [3.05, 3.63) is 59.7 Å². The molecule has 0 bridgehead atoms. The van der Waals surface area contributed by atoms with E-state index in [1.54, 1.807) is 42.1 Å². The van der Waals surface area contributed by atoms with Gasteiger partial charge in [0.1, 0.15) is 11.6 Å². The van der Waals surface area contributed by atoms with Crippen molar-refractivity contribution in [3.8, 4) is 6.07 Å². The first-order valence-corrected chi connectivity index (χ1v) is 8.69. The lowest BCUT2D eigenvalue weighted by Gasteiger charge is -2.06. The number of thioether (sulfide) groups is 1. The van der Waals surface area contributed by atoms with Crippen LogP contribution < -0.4 is 10.6 Å². The first-order chi connectivity index (χ1) is 12.0. The summed E-state index contributed by atoms with van der Waals surface area (Å²) in [6.45, 7) is 1.42. The fraction of sp³-hybridized carbons (Fsp3) is 0.105. The molecule has 126 valence electrons. The van der Waals surface area contributed by atoms with Crippen molar-refractivity contribution >= 4 is 41.0 Å². The van der Waals surface area contributed by atoms with Gasteiger partial charge in [-0.3, -0.25) is 9.59 Å². The number of amides is 2. The Kier molecular flexibility index (Phi) is 6.38. The molecule has 2 aromatic carbocycles. The number of carbonyl (C=O) groups is 2. The summed E-state index contributed by atoms with van der Waals surface area (Å²) in [4.78, 5) is 24.4. The van der Waals surface area contributed by atoms with E-state index in [1.807, 2.05) is 36.6 Å². The molecule has 0 fully saturated rings. The van der Waals surface area contributed by atoms with E-state index in [0.29, 0.717) is 11.4 Å². The van der Waals surface area contributed by atoms with Gasteiger partial charge in [-0.2, -0.15) is 5.26 Å². The van der Waals surface area contributed by atoms with Gasteiger partial charge in [-0.1, -0.05) is 12.1 Å². The summed E-state index contributed by atoms with van der Waals surface area (Å²) in [5.74, 6) is -0.650. The minimum absolute atomic E-state index is 0.0165. The number of hydrogen-bond donors (Lipinski definition) is 2. The number of nitrogens with one attached hydrogen (secondary N) is 2. The Morgan fingerprint density at radius 3 is 2.04 bits per heavy atom. The normalized spacial score (nSPS) is 10.7. The molecule has 5 nitrogen and oxygen atoms in total. The third kappa shape index (κ3) is 5.52. The highest BCUT2D eigenvalue weighted by molar-refractivity contribution is 7.98. The smallest absolute Gasteiger partial charge is 0.266 e. The molecule has 0 unspecified atom stereocenters. The van der Waals surface area contributed by atoms with Crippen LogP contribution in [0.5, 0.6) is 0 Å². The van der Waals surface area contributed by atoms with Crippen molar-refractivity contribution in [2.45, 2.75) is 11.8 Å². The summed E-state index contributed by atoms with van der Waals surface area (Å²) >= 11 is 1.62. The molecule has 2 N–H and O–H groups in total. The van der Waals surface area contributed by atoms with Crippen LogP contribution >= 0.6 is 11.8 Å². The average molecular weight is 351 g/mol. The fourth-order valence-electron chi connectivity index (χ4n) is 2.05. The van der Waals surface area contributed by atoms with E-state index in [0.717, 1.165) is 10.5 Å². The number of anilines is 2. The lowest BCUT2D eigenvalue weighted by molar-refractivity contribution is -0.114. The molecule has 2 amide bonds. The molecule has 2 rings (SSSR count). The lowest BCUT2D eigenvalue weighted by Crippen LogP contribution is -2.13. The maximum Gasteiger partial charge on any atom is 0.266 e. The monoisotopic (exact) mass is 351 g/mol. The fourth-order valence-corrected chi connectivity index (χ4v) is 2.46. The zero-order chi connectivity index (χ0) is 18.2. The van der Waals surface area contributed by atoms with Crippen molar-refractivity contribution < 1.29 is 9.59 Å². The summed E-state index contributed by atoms with van der Waals surface area (Å²) in [6.07, 6.45) is 3.53. The molecule has 2 aromatic rings. The van der Waals surface area contributed by atoms with Gasteiger partial charge in [0, 0.05) is 23.2 Å². The summed E-state index contributed by atoms with van der Waals surface area (Å²) in [5.41, 5.74) is 1.97. The molecule has 0 heterocycles. The molecule has 0 aliphatic rings. The average Bonchev–Trinajstić information content (AvgIpc) is 2.61. The largest absolute Gasteiger partial charge is 0.326 e. The van der Waals surface area contributed by atoms with Gasteiger partial charge >= 0.3 is 0 Å². The lowest BCUT2D eigenvalue weighted by atomic mass is 10.1. The van der Waals surface area contributed by atoms with E-state index in [9.17, 15) is 14.9 Å². The third-order valence-electron chi connectivity index (χ3n) is 3.26. The molecular weight excluding hydrogens is 334 g/mol. The number of benzene rings is 2. The molecule has 0 atom stereocenters. The maximum absolute atomic E-state index is 12.3. The van der Waals surface area contributed by atoms with Crippen LogP contribution in [0, 0.1) is 11.3 Å². The summed E-state index contributed by atoms with van der Waals surface area (Å²) in [6, 6.07) is 16.2. The van der Waals surface area contributed by atoms with Crippen LogP contribution in [-0.4, -0.2) is 18.1 Å². The SMILES string of the molecule is CSc1ccc(/C=C(\C#N)C(=O)Nc2ccc(NC(C)=O)cc2)cc1. The highest BCUT2D eigenvalue weighted by Crippen LogP contribution is 2.18. The number of nitrogens with zero attached hydrogens (tertiary/aromatic N) is 1. The Balaban J connectivity index is 2.10. The maximum atomic E-state index is 12.3. The number of rotatable bonds is 5. The Bertz CT molecular complexity index is 834. The molecule has 0 spiro atoms. The molecule has 6 heteroatoms. The standard InChI is InChI=1S/C19H17N3O2S/c1-13(23)21-16-5-7-17(8-6-16)22-19(24)15(12-20)11-14-3-9-18(25-2)10-4-14/h3-11H,1-2H3,(H,21,23)(H,22,24)/b15-11+. The van der Waals surface area contributed by atoms with Gasteiger partial charge in [0.05, 0.1) is 0 Å². The van der Waals surface area contributed by atoms with Gasteiger partial charge in [0.2, 0.25) is 5.91 Å². The number of nitriles is 1. The minimum Gasteiger partial charge on any atom is -0.326 e. The predicted octanol–water partition coefficient (Wildman–Crippen LogP) is 3.91. The van der Waals surface area contributed by atoms with E-state index in [1.165, 1.54) is 6.92 Å². The summed E-state index contributed by atoms with van der Waals surface area (Å²) in [5, 5.41) is 14.6. The molecule has 25 heavy (non-hydrogen) atoms. The highest BCUT2D eigenvalue weighted by atomic mass is 32.2. The number of carbonyl (C=O) groups excluding carboxylic acids is 2. The Morgan fingerprint density at radius 2 is 1.56 bits per heavy atom. The van der Waals surface area contributed by atoms with E-state index in [4.69, 9.17) is 0 Å². The molecule has 0 aliphatic heterocycles. The van der Waals surface area contributed by atoms with Gasteiger partial charge in [-0.05, 0) is 54.3 Å². The highest BCUT2D eigenvalue weighted by Gasteiger charge is 2.09. The molecule has 0 radical (unpaired) electrons. The van der Waals surface area contributed by atoms with Gasteiger partial charge in [-0.15, -0.1) is 11.8 Å². The topological polar surface area (TPSA) is 82.0 Å². The summed E-state index contributed by atoms with van der Waals surface area (Å²) < 4.78 is 0. The van der Waals surface area contributed by atoms with Crippen LogP contribution in [-0.2, 0) is 9.59 Å². The van der Waals surface area contributed by atoms with Crippen LogP contribution in [0.4, 0.5) is 11.4 Å². The summed E-state index contributed by atoms with van der Waals surface area (Å²) in [7, 11) is 0. The van der Waals surface area contributed by atoms with Crippen molar-refractivity contribution in [1.82, 2.24) is 0 Å². The predicted molar refractivity (Wildman–Crippen MR) is 101 cm³/mol. The van der Waals surface area contributed by atoms with Crippen LogP contribution in [0.15, 0.2) is 59.0 Å². The van der Waals surface area contributed by atoms with Crippen LogP contribution in [0.1, 0.15) is 12.5 Å². The third-order valence-corrected chi connectivity index (χ3v) is 4.00. The van der Waals surface area contributed by atoms with Gasteiger partial charge in [0.15, 0.2) is 0 Å². The molecule has 0 aromatic heterocycles. The molecule has 0 saturated carbocycles. The Morgan fingerprint density at radius 1 is 1.00 bits per heavy atom. The van der Waals surface area contributed by atoms with Crippen molar-refractivity contribution in [2.75, 3.05) is 16.9 Å². The van der Waals surface area contributed by atoms with E-state index >= 15 is 0 Å². The molecule has 0 aliphatic carbocycles. The molecular formula is C19H17N3O2S. The Labute approximate surface area is 150 Å². The first kappa shape index (κ1) is 18.3. The van der Waals surface area contributed by atoms with Crippen LogP contribution in [0.2, 0.25) is 0 Å². The van der Waals surface area contributed by atoms with Crippen molar-refractivity contribution in [1.29, 1.82) is 5.26 Å². The van der Waals surface area contributed by atoms with Crippen molar-refractivity contribution in [2.24, 2.45) is 0 Å². The van der Waals surface area contributed by atoms with E-state index in [-0.39, 0.29) is 11.5 Å². The van der Waals surface area contributed by atoms with Gasteiger partial charge in [-0.25, -0.2) is 0 Å². The quantitative estimate of drug-likeness (QED) is 0.486. The van der Waals surface area contributed by atoms with Crippen LogP contribution in [0.3, 0.4) is 0 Å².